The predicted octanol–water partition coefficient (Wildman–Crippen LogP) is 2.85. The maximum Gasteiger partial charge on any atom is 0.154 e. The lowest BCUT2D eigenvalue weighted by molar-refractivity contribution is 0.0983. The van der Waals surface area contributed by atoms with Crippen molar-refractivity contribution in [2.45, 2.75) is 31.9 Å². The third kappa shape index (κ3) is 2.76. The molecular weight excluding hydrogens is 252 g/mol. The molecule has 20 heavy (non-hydrogen) atoms. The smallest absolute Gasteiger partial charge is 0.154 e. The van der Waals surface area contributed by atoms with Gasteiger partial charge in [0.15, 0.2) is 5.76 Å². The third-order valence-corrected chi connectivity index (χ3v) is 3.93. The topological polar surface area (TPSA) is 49.5 Å². The highest BCUT2D eigenvalue weighted by molar-refractivity contribution is 5.18. The minimum Gasteiger partial charge on any atom is -0.387 e. The number of benzene rings is 1. The second kappa shape index (κ2) is 5.77. The van der Waals surface area contributed by atoms with E-state index in [9.17, 15) is 5.11 Å². The summed E-state index contributed by atoms with van der Waals surface area (Å²) >= 11 is 0. The first-order valence-corrected chi connectivity index (χ1v) is 7.14. The maximum absolute atomic E-state index is 10.4. The summed E-state index contributed by atoms with van der Waals surface area (Å²) in [5.74, 6) is 0.917. The van der Waals surface area contributed by atoms with Gasteiger partial charge in [0, 0.05) is 12.6 Å². The number of β-amino-alcohol motifs (C(OH)–C–C–N with tert-alkyl or cyclic N) is 1. The Bertz CT molecular complexity index is 553. The molecular formula is C16H20N2O2. The Labute approximate surface area is 119 Å². The quantitative estimate of drug-likeness (QED) is 0.929. The van der Waals surface area contributed by atoms with Crippen molar-refractivity contribution in [2.75, 3.05) is 13.1 Å². The van der Waals surface area contributed by atoms with Crippen molar-refractivity contribution in [1.29, 1.82) is 0 Å². The zero-order valence-corrected chi connectivity index (χ0v) is 11.7. The monoisotopic (exact) mass is 272 g/mol. The number of hydrogen-bond acceptors (Lipinski definition) is 4. The minimum absolute atomic E-state index is 0.245. The van der Waals surface area contributed by atoms with E-state index in [0.29, 0.717) is 6.54 Å². The SMILES string of the molecule is Cc1cc([C@@H]2CCCN2C[C@H](O)c2ccccc2)on1. The number of aromatic nitrogens is 1. The Kier molecular flexibility index (Phi) is 3.85. The number of rotatable bonds is 4. The van der Waals surface area contributed by atoms with Gasteiger partial charge in [-0.2, -0.15) is 0 Å². The molecule has 1 saturated heterocycles. The fourth-order valence-electron chi connectivity index (χ4n) is 2.91. The Hall–Kier alpha value is -1.65. The first-order valence-electron chi connectivity index (χ1n) is 7.14. The van der Waals surface area contributed by atoms with Crippen molar-refractivity contribution in [2.24, 2.45) is 0 Å². The summed E-state index contributed by atoms with van der Waals surface area (Å²) in [6.45, 7) is 3.56. The highest BCUT2D eigenvalue weighted by atomic mass is 16.5. The van der Waals surface area contributed by atoms with Gasteiger partial charge in [-0.1, -0.05) is 35.5 Å². The Morgan fingerprint density at radius 3 is 2.90 bits per heavy atom. The number of aliphatic hydroxyl groups excluding tert-OH is 1. The summed E-state index contributed by atoms with van der Waals surface area (Å²) in [6, 6.07) is 12.1. The van der Waals surface area contributed by atoms with Crippen LogP contribution in [0.15, 0.2) is 40.9 Å². The van der Waals surface area contributed by atoms with Gasteiger partial charge in [-0.25, -0.2) is 0 Å². The summed E-state index contributed by atoms with van der Waals surface area (Å²) in [4.78, 5) is 2.29. The Morgan fingerprint density at radius 2 is 2.20 bits per heavy atom. The van der Waals surface area contributed by atoms with E-state index < -0.39 is 6.10 Å². The standard InChI is InChI=1S/C16H20N2O2/c1-12-10-16(20-17-12)14-8-5-9-18(14)11-15(19)13-6-3-2-4-7-13/h2-4,6-7,10,14-15,19H,5,8-9,11H2,1H3/t14-,15-/m0/s1. The molecule has 0 saturated carbocycles. The van der Waals surface area contributed by atoms with Crippen LogP contribution in [0.4, 0.5) is 0 Å². The van der Waals surface area contributed by atoms with Crippen LogP contribution in [0.2, 0.25) is 0 Å². The van der Waals surface area contributed by atoms with Crippen molar-refractivity contribution in [3.8, 4) is 0 Å². The van der Waals surface area contributed by atoms with E-state index in [1.54, 1.807) is 0 Å². The zero-order chi connectivity index (χ0) is 13.9. The van der Waals surface area contributed by atoms with Crippen LogP contribution in [-0.2, 0) is 0 Å². The average Bonchev–Trinajstić information content (AvgIpc) is 3.08. The largest absolute Gasteiger partial charge is 0.387 e. The van der Waals surface area contributed by atoms with Gasteiger partial charge in [-0.15, -0.1) is 0 Å². The zero-order valence-electron chi connectivity index (χ0n) is 11.7. The van der Waals surface area contributed by atoms with Gasteiger partial charge in [0.2, 0.25) is 0 Å². The predicted molar refractivity (Wildman–Crippen MR) is 76.2 cm³/mol. The number of aliphatic hydroxyl groups is 1. The molecule has 0 amide bonds. The summed E-state index contributed by atoms with van der Waals surface area (Å²) in [5, 5.41) is 14.3. The van der Waals surface area contributed by atoms with Gasteiger partial charge >= 0.3 is 0 Å². The second-order valence-electron chi connectivity index (χ2n) is 5.45. The lowest BCUT2D eigenvalue weighted by atomic mass is 10.1. The van der Waals surface area contributed by atoms with Crippen molar-refractivity contribution in [3.05, 3.63) is 53.4 Å². The van der Waals surface area contributed by atoms with E-state index in [0.717, 1.165) is 36.4 Å². The van der Waals surface area contributed by atoms with Crippen LogP contribution in [0.25, 0.3) is 0 Å². The van der Waals surface area contributed by atoms with E-state index in [-0.39, 0.29) is 6.04 Å². The molecule has 4 heteroatoms. The van der Waals surface area contributed by atoms with Gasteiger partial charge in [-0.05, 0) is 31.9 Å². The van der Waals surface area contributed by atoms with Gasteiger partial charge in [0.1, 0.15) is 0 Å². The van der Waals surface area contributed by atoms with Crippen LogP contribution in [0, 0.1) is 6.92 Å². The number of nitrogens with zero attached hydrogens (tertiary/aromatic N) is 2. The molecule has 2 atom stereocenters. The number of likely N-dealkylation sites (tertiary alicyclic amines) is 1. The third-order valence-electron chi connectivity index (χ3n) is 3.93. The molecule has 4 nitrogen and oxygen atoms in total. The fraction of sp³-hybridized carbons (Fsp3) is 0.438. The van der Waals surface area contributed by atoms with Crippen molar-refractivity contribution >= 4 is 0 Å². The van der Waals surface area contributed by atoms with Gasteiger partial charge in [0.25, 0.3) is 0 Å². The summed E-state index contributed by atoms with van der Waals surface area (Å²) in [5.41, 5.74) is 1.88. The molecule has 0 radical (unpaired) electrons. The van der Waals surface area contributed by atoms with E-state index in [4.69, 9.17) is 4.52 Å². The average molecular weight is 272 g/mol. The first-order chi connectivity index (χ1) is 9.74. The van der Waals surface area contributed by atoms with Gasteiger partial charge in [-0.3, -0.25) is 4.90 Å². The highest BCUT2D eigenvalue weighted by Crippen LogP contribution is 2.33. The molecule has 2 heterocycles. The van der Waals surface area contributed by atoms with E-state index >= 15 is 0 Å². The molecule has 3 rings (SSSR count). The molecule has 1 aliphatic rings. The second-order valence-corrected chi connectivity index (χ2v) is 5.45. The molecule has 1 N–H and O–H groups in total. The van der Waals surface area contributed by atoms with Gasteiger partial charge < -0.3 is 9.63 Å². The highest BCUT2D eigenvalue weighted by Gasteiger charge is 2.30. The van der Waals surface area contributed by atoms with Crippen LogP contribution in [0.3, 0.4) is 0 Å². The number of aryl methyl sites for hydroxylation is 1. The molecule has 0 aliphatic carbocycles. The molecule has 1 aromatic carbocycles. The maximum atomic E-state index is 10.4. The van der Waals surface area contributed by atoms with Crippen LogP contribution < -0.4 is 0 Å². The van der Waals surface area contributed by atoms with Crippen LogP contribution in [0.5, 0.6) is 0 Å². The van der Waals surface area contributed by atoms with E-state index in [1.807, 2.05) is 43.3 Å². The van der Waals surface area contributed by atoms with Crippen molar-refractivity contribution in [1.82, 2.24) is 10.1 Å². The van der Waals surface area contributed by atoms with Crippen LogP contribution in [0.1, 0.15) is 42.0 Å². The van der Waals surface area contributed by atoms with Crippen molar-refractivity contribution < 1.29 is 9.63 Å². The summed E-state index contributed by atoms with van der Waals surface area (Å²) in [7, 11) is 0. The minimum atomic E-state index is -0.458. The van der Waals surface area contributed by atoms with Crippen molar-refractivity contribution in [3.63, 3.8) is 0 Å². The number of hydrogen-bond donors (Lipinski definition) is 1. The summed E-state index contributed by atoms with van der Waals surface area (Å²) < 4.78 is 5.39. The van der Waals surface area contributed by atoms with Crippen LogP contribution >= 0.6 is 0 Å². The van der Waals surface area contributed by atoms with Crippen LogP contribution in [-0.4, -0.2) is 28.3 Å². The summed E-state index contributed by atoms with van der Waals surface area (Å²) in [6.07, 6.45) is 1.74. The molecule has 0 spiro atoms. The fourth-order valence-corrected chi connectivity index (χ4v) is 2.91. The lowest BCUT2D eigenvalue weighted by Gasteiger charge is -2.25. The Morgan fingerprint density at radius 1 is 1.40 bits per heavy atom. The van der Waals surface area contributed by atoms with E-state index in [1.165, 1.54) is 0 Å². The molecule has 0 bridgehead atoms. The molecule has 106 valence electrons. The molecule has 2 aromatic rings. The molecule has 1 aliphatic heterocycles. The van der Waals surface area contributed by atoms with Gasteiger partial charge in [0.05, 0.1) is 17.8 Å². The molecule has 1 fully saturated rings. The molecule has 1 aromatic heterocycles. The normalized spacial score (nSPS) is 21.2. The van der Waals surface area contributed by atoms with E-state index in [2.05, 4.69) is 10.1 Å². The molecule has 0 unspecified atom stereocenters. The lowest BCUT2D eigenvalue weighted by Crippen LogP contribution is -2.28. The first kappa shape index (κ1) is 13.3. The Balaban J connectivity index is 1.70.